The van der Waals surface area contributed by atoms with Crippen LogP contribution in [0.25, 0.3) is 16.9 Å². The molecule has 6 nitrogen and oxygen atoms in total. The van der Waals surface area contributed by atoms with Crippen LogP contribution in [0.5, 0.6) is 0 Å². The zero-order valence-corrected chi connectivity index (χ0v) is 19.6. The molecular weight excluding hydrogens is 400 g/mol. The molecule has 0 aliphatic carbocycles. The molecule has 3 aromatic rings. The Morgan fingerprint density at radius 3 is 2.41 bits per heavy atom. The number of carbonyl (C=O) groups is 2. The van der Waals surface area contributed by atoms with Crippen LogP contribution >= 0.6 is 0 Å². The molecule has 0 spiro atoms. The molecule has 0 atom stereocenters. The summed E-state index contributed by atoms with van der Waals surface area (Å²) < 4.78 is 1.77. The molecule has 0 saturated carbocycles. The SMILES string of the molecule is CCCN(CC(=O)Nc1cc(-c2ccccc2)nn1-c1ccc(C)cc1C)C(=O)C(C)C. The monoisotopic (exact) mass is 432 g/mol. The van der Waals surface area contributed by atoms with Gasteiger partial charge >= 0.3 is 0 Å². The van der Waals surface area contributed by atoms with Crippen molar-refractivity contribution in [2.24, 2.45) is 5.92 Å². The summed E-state index contributed by atoms with van der Waals surface area (Å²) in [6, 6.07) is 17.9. The van der Waals surface area contributed by atoms with Crippen molar-refractivity contribution in [1.82, 2.24) is 14.7 Å². The summed E-state index contributed by atoms with van der Waals surface area (Å²) >= 11 is 0. The van der Waals surface area contributed by atoms with Crippen LogP contribution in [-0.2, 0) is 9.59 Å². The van der Waals surface area contributed by atoms with Gasteiger partial charge < -0.3 is 10.2 Å². The number of rotatable bonds is 8. The van der Waals surface area contributed by atoms with Crippen LogP contribution in [0.1, 0.15) is 38.3 Å². The second-order valence-electron chi connectivity index (χ2n) is 8.45. The van der Waals surface area contributed by atoms with E-state index in [-0.39, 0.29) is 24.3 Å². The number of hydrogen-bond acceptors (Lipinski definition) is 3. The maximum Gasteiger partial charge on any atom is 0.245 e. The maximum atomic E-state index is 12.9. The topological polar surface area (TPSA) is 67.2 Å². The van der Waals surface area contributed by atoms with E-state index in [4.69, 9.17) is 5.10 Å². The van der Waals surface area contributed by atoms with E-state index in [2.05, 4.69) is 11.4 Å². The van der Waals surface area contributed by atoms with Crippen molar-refractivity contribution < 1.29 is 9.59 Å². The third kappa shape index (κ3) is 5.44. The third-order valence-corrected chi connectivity index (χ3v) is 5.26. The van der Waals surface area contributed by atoms with Crippen molar-refractivity contribution in [1.29, 1.82) is 0 Å². The van der Waals surface area contributed by atoms with E-state index in [1.54, 1.807) is 9.58 Å². The van der Waals surface area contributed by atoms with Crippen LogP contribution in [0.4, 0.5) is 5.82 Å². The Morgan fingerprint density at radius 2 is 1.78 bits per heavy atom. The number of nitrogens with one attached hydrogen (secondary N) is 1. The molecule has 168 valence electrons. The molecule has 0 bridgehead atoms. The van der Waals surface area contributed by atoms with Crippen LogP contribution < -0.4 is 5.32 Å². The molecular formula is C26H32N4O2. The predicted octanol–water partition coefficient (Wildman–Crippen LogP) is 4.99. The van der Waals surface area contributed by atoms with Crippen LogP contribution in [0.3, 0.4) is 0 Å². The molecule has 1 aromatic heterocycles. The molecule has 1 heterocycles. The molecule has 2 amide bonds. The van der Waals surface area contributed by atoms with Gasteiger partial charge in [-0.3, -0.25) is 9.59 Å². The average Bonchev–Trinajstić information content (AvgIpc) is 3.16. The molecule has 0 radical (unpaired) electrons. The Labute approximate surface area is 190 Å². The van der Waals surface area contributed by atoms with E-state index in [0.29, 0.717) is 12.4 Å². The fourth-order valence-corrected chi connectivity index (χ4v) is 3.70. The number of aryl methyl sites for hydroxylation is 2. The first-order valence-corrected chi connectivity index (χ1v) is 11.1. The summed E-state index contributed by atoms with van der Waals surface area (Å²) in [7, 11) is 0. The standard InChI is InChI=1S/C26H32N4O2/c1-6-14-29(26(32)18(2)3)17-25(31)27-24-16-22(21-10-8-7-9-11-21)28-30(24)23-13-12-19(4)15-20(23)5/h7-13,15-16,18H,6,14,17H2,1-5H3,(H,27,31). The lowest BCUT2D eigenvalue weighted by Crippen LogP contribution is -2.40. The quantitative estimate of drug-likeness (QED) is 0.545. The van der Waals surface area contributed by atoms with Gasteiger partial charge in [-0.1, -0.05) is 68.8 Å². The molecule has 3 rings (SSSR count). The van der Waals surface area contributed by atoms with E-state index in [1.165, 1.54) is 0 Å². The van der Waals surface area contributed by atoms with E-state index in [9.17, 15) is 9.59 Å². The highest BCUT2D eigenvalue weighted by atomic mass is 16.2. The fraction of sp³-hybridized carbons (Fsp3) is 0.346. The molecule has 0 unspecified atom stereocenters. The smallest absolute Gasteiger partial charge is 0.245 e. The Hall–Kier alpha value is -3.41. The number of aromatic nitrogens is 2. The summed E-state index contributed by atoms with van der Waals surface area (Å²) in [6.45, 7) is 10.3. The Kier molecular flexibility index (Phi) is 7.46. The van der Waals surface area contributed by atoms with E-state index >= 15 is 0 Å². The van der Waals surface area contributed by atoms with Crippen molar-refractivity contribution in [2.45, 2.75) is 41.0 Å². The number of carbonyl (C=O) groups excluding carboxylic acids is 2. The number of nitrogens with zero attached hydrogens (tertiary/aromatic N) is 3. The van der Waals surface area contributed by atoms with Gasteiger partial charge in [-0.15, -0.1) is 0 Å². The minimum absolute atomic E-state index is 0.0174. The molecule has 0 aliphatic rings. The molecule has 32 heavy (non-hydrogen) atoms. The summed E-state index contributed by atoms with van der Waals surface area (Å²) in [4.78, 5) is 27.1. The molecule has 0 aliphatic heterocycles. The first-order valence-electron chi connectivity index (χ1n) is 11.1. The number of amides is 2. The van der Waals surface area contributed by atoms with Crippen molar-refractivity contribution >= 4 is 17.6 Å². The fourth-order valence-electron chi connectivity index (χ4n) is 3.70. The Morgan fingerprint density at radius 1 is 1.06 bits per heavy atom. The second-order valence-corrected chi connectivity index (χ2v) is 8.45. The van der Waals surface area contributed by atoms with Crippen molar-refractivity contribution in [2.75, 3.05) is 18.4 Å². The van der Waals surface area contributed by atoms with E-state index < -0.39 is 0 Å². The van der Waals surface area contributed by atoms with Crippen molar-refractivity contribution in [3.63, 3.8) is 0 Å². The lowest BCUT2D eigenvalue weighted by atomic mass is 10.1. The van der Waals surface area contributed by atoms with Gasteiger partial charge in [0.2, 0.25) is 11.8 Å². The largest absolute Gasteiger partial charge is 0.333 e. The summed E-state index contributed by atoms with van der Waals surface area (Å²) in [5.41, 5.74) is 4.86. The molecule has 2 aromatic carbocycles. The summed E-state index contributed by atoms with van der Waals surface area (Å²) in [5.74, 6) is 0.168. The zero-order valence-electron chi connectivity index (χ0n) is 19.6. The second kappa shape index (κ2) is 10.3. The van der Waals surface area contributed by atoms with Crippen LogP contribution in [0.15, 0.2) is 54.6 Å². The first kappa shape index (κ1) is 23.3. The van der Waals surface area contributed by atoms with Gasteiger partial charge in [-0.25, -0.2) is 4.68 Å². The number of anilines is 1. The summed E-state index contributed by atoms with van der Waals surface area (Å²) in [6.07, 6.45) is 0.796. The molecule has 0 saturated heterocycles. The van der Waals surface area contributed by atoms with Gasteiger partial charge in [0, 0.05) is 24.1 Å². The Bertz CT molecular complexity index is 1090. The molecule has 6 heteroatoms. The lowest BCUT2D eigenvalue weighted by molar-refractivity contribution is -0.137. The maximum absolute atomic E-state index is 12.9. The third-order valence-electron chi connectivity index (χ3n) is 5.26. The van der Waals surface area contributed by atoms with Gasteiger partial charge in [-0.2, -0.15) is 5.10 Å². The Balaban J connectivity index is 1.94. The lowest BCUT2D eigenvalue weighted by Gasteiger charge is -2.23. The van der Waals surface area contributed by atoms with Gasteiger partial charge in [-0.05, 0) is 31.9 Å². The van der Waals surface area contributed by atoms with Crippen LogP contribution in [0.2, 0.25) is 0 Å². The van der Waals surface area contributed by atoms with Gasteiger partial charge in [0.05, 0.1) is 17.9 Å². The minimum Gasteiger partial charge on any atom is -0.333 e. The number of hydrogen-bond donors (Lipinski definition) is 1. The van der Waals surface area contributed by atoms with Gasteiger partial charge in [0.15, 0.2) is 0 Å². The van der Waals surface area contributed by atoms with Crippen molar-refractivity contribution in [3.05, 3.63) is 65.7 Å². The van der Waals surface area contributed by atoms with Crippen LogP contribution in [0, 0.1) is 19.8 Å². The van der Waals surface area contributed by atoms with Crippen LogP contribution in [-0.4, -0.2) is 39.6 Å². The van der Waals surface area contributed by atoms with Gasteiger partial charge in [0.1, 0.15) is 5.82 Å². The minimum atomic E-state index is -0.238. The highest BCUT2D eigenvalue weighted by molar-refractivity contribution is 5.95. The van der Waals surface area contributed by atoms with Gasteiger partial charge in [0.25, 0.3) is 0 Å². The summed E-state index contributed by atoms with van der Waals surface area (Å²) in [5, 5.41) is 7.79. The predicted molar refractivity (Wildman–Crippen MR) is 129 cm³/mol. The zero-order chi connectivity index (χ0) is 23.3. The molecule has 1 N–H and O–H groups in total. The highest BCUT2D eigenvalue weighted by Gasteiger charge is 2.21. The normalized spacial score (nSPS) is 10.9. The van der Waals surface area contributed by atoms with Crippen molar-refractivity contribution in [3.8, 4) is 16.9 Å². The van der Waals surface area contributed by atoms with E-state index in [1.807, 2.05) is 83.1 Å². The van der Waals surface area contributed by atoms with E-state index in [0.717, 1.165) is 34.5 Å². The number of benzene rings is 2. The first-order chi connectivity index (χ1) is 15.3. The molecule has 0 fully saturated rings. The average molecular weight is 433 g/mol. The highest BCUT2D eigenvalue weighted by Crippen LogP contribution is 2.26.